The largest absolute Gasteiger partial charge is 0.481 e. The molecule has 1 aromatic heterocycles. The number of hydrogen-bond acceptors (Lipinski definition) is 8. The molecule has 0 radical (unpaired) electrons. The number of pyridine rings is 1. The zero-order valence-corrected chi connectivity index (χ0v) is 36.7. The quantitative estimate of drug-likeness (QED) is 0.0953. The van der Waals surface area contributed by atoms with E-state index in [9.17, 15) is 24.3 Å². The molecule has 5 unspecified atom stereocenters. The van der Waals surface area contributed by atoms with E-state index in [2.05, 4.69) is 20.9 Å². The van der Waals surface area contributed by atoms with Gasteiger partial charge in [-0.15, -0.1) is 0 Å². The second kappa shape index (κ2) is 20.5. The number of urea groups is 1. The average molecular weight is 835 g/mol. The number of aromatic nitrogens is 1. The summed E-state index contributed by atoms with van der Waals surface area (Å²) in [6, 6.07) is 29.2. The SMILES string of the molecule is COC(=O)NC(C(=O)NC(Cc1ccc(-c2cccc(OC)n2)cc1)C(O)CC(Cc1ccccc1)NC(=O)C(N1CCN(Cc2ccccc2)C1=O)C(C)(C)C)C(C)(C)C. The molecule has 1 aliphatic rings. The van der Waals surface area contributed by atoms with Gasteiger partial charge in [0.25, 0.3) is 0 Å². The Morgan fingerprint density at radius 2 is 1.34 bits per heavy atom. The summed E-state index contributed by atoms with van der Waals surface area (Å²) >= 11 is 0. The van der Waals surface area contributed by atoms with E-state index in [1.165, 1.54) is 7.11 Å². The molecule has 0 spiro atoms. The number of nitrogens with zero attached hydrogens (tertiary/aromatic N) is 3. The Balaban J connectivity index is 1.42. The average Bonchev–Trinajstić information content (AvgIpc) is 3.57. The second-order valence-electron chi connectivity index (χ2n) is 17.9. The lowest BCUT2D eigenvalue weighted by Crippen LogP contribution is -2.59. The Morgan fingerprint density at radius 3 is 1.93 bits per heavy atom. The lowest BCUT2D eigenvalue weighted by Gasteiger charge is -2.38. The van der Waals surface area contributed by atoms with Crippen molar-refractivity contribution in [1.29, 1.82) is 0 Å². The molecule has 5 rings (SSSR count). The van der Waals surface area contributed by atoms with Crippen LogP contribution >= 0.6 is 0 Å². The standard InChI is InChI=1S/C48H62N6O7/c1-47(2,3)41(52-45(58)61-8)43(56)51-38(29-33-22-24-35(25-23-33)37-20-15-21-40(50-37)60-7)39(55)30-36(28-32-16-11-9-12-17-32)49-44(57)42(48(4,5)6)54-27-26-53(46(54)59)31-34-18-13-10-14-19-34/h9-25,36,38-39,41-42,55H,26-31H2,1-8H3,(H,49,57)(H,51,56)(H,52,58). The molecule has 1 aliphatic heterocycles. The van der Waals surface area contributed by atoms with Crippen molar-refractivity contribution in [2.75, 3.05) is 27.3 Å². The zero-order valence-electron chi connectivity index (χ0n) is 36.7. The maximum absolute atomic E-state index is 14.6. The molecule has 1 saturated heterocycles. The van der Waals surface area contributed by atoms with E-state index in [1.54, 1.807) is 23.0 Å². The van der Waals surface area contributed by atoms with Gasteiger partial charge < -0.3 is 40.3 Å². The topological polar surface area (TPSA) is 162 Å². The van der Waals surface area contributed by atoms with Crippen LogP contribution in [-0.4, -0.2) is 101 Å². The van der Waals surface area contributed by atoms with E-state index in [0.717, 1.165) is 27.9 Å². The van der Waals surface area contributed by atoms with Crippen LogP contribution in [0.1, 0.15) is 64.7 Å². The van der Waals surface area contributed by atoms with Gasteiger partial charge in [0.1, 0.15) is 12.1 Å². The van der Waals surface area contributed by atoms with Gasteiger partial charge in [0.15, 0.2) is 0 Å². The number of aliphatic hydroxyl groups is 1. The molecule has 13 heteroatoms. The van der Waals surface area contributed by atoms with Gasteiger partial charge in [0.2, 0.25) is 17.7 Å². The lowest BCUT2D eigenvalue weighted by molar-refractivity contribution is -0.130. The summed E-state index contributed by atoms with van der Waals surface area (Å²) in [5, 5.41) is 21.2. The number of aliphatic hydroxyl groups excluding tert-OH is 1. The van der Waals surface area contributed by atoms with Gasteiger partial charge in [0, 0.05) is 37.3 Å². The predicted molar refractivity (Wildman–Crippen MR) is 236 cm³/mol. The van der Waals surface area contributed by atoms with E-state index in [1.807, 2.05) is 139 Å². The lowest BCUT2D eigenvalue weighted by atomic mass is 9.84. The summed E-state index contributed by atoms with van der Waals surface area (Å²) < 4.78 is 10.2. The van der Waals surface area contributed by atoms with Gasteiger partial charge in [-0.1, -0.05) is 133 Å². The molecule has 5 atom stereocenters. The molecule has 4 aromatic rings. The Kier molecular flexibility index (Phi) is 15.5. The Morgan fingerprint density at radius 1 is 0.721 bits per heavy atom. The molecule has 4 N–H and O–H groups in total. The third kappa shape index (κ3) is 12.8. The van der Waals surface area contributed by atoms with Crippen molar-refractivity contribution in [1.82, 2.24) is 30.7 Å². The van der Waals surface area contributed by atoms with Gasteiger partial charge >= 0.3 is 12.1 Å². The minimum Gasteiger partial charge on any atom is -0.481 e. The van der Waals surface area contributed by atoms with Gasteiger partial charge in [-0.25, -0.2) is 14.6 Å². The summed E-state index contributed by atoms with van der Waals surface area (Å²) in [7, 11) is 2.80. The highest BCUT2D eigenvalue weighted by molar-refractivity contribution is 5.89. The fraction of sp³-hybridized carbons (Fsp3) is 0.438. The molecule has 13 nitrogen and oxygen atoms in total. The summed E-state index contributed by atoms with van der Waals surface area (Å²) in [6.45, 7) is 12.6. The van der Waals surface area contributed by atoms with E-state index in [0.29, 0.717) is 31.9 Å². The van der Waals surface area contributed by atoms with Crippen molar-refractivity contribution in [2.45, 2.75) is 97.6 Å². The van der Waals surface area contributed by atoms with Crippen molar-refractivity contribution < 1.29 is 33.8 Å². The first kappa shape index (κ1) is 46.1. The summed E-state index contributed by atoms with van der Waals surface area (Å²) in [5.74, 6) is -0.333. The zero-order chi connectivity index (χ0) is 44.3. The second-order valence-corrected chi connectivity index (χ2v) is 17.9. The maximum atomic E-state index is 14.6. The molecule has 2 heterocycles. The van der Waals surface area contributed by atoms with E-state index in [-0.39, 0.29) is 24.8 Å². The third-order valence-corrected chi connectivity index (χ3v) is 10.9. The summed E-state index contributed by atoms with van der Waals surface area (Å²) in [5.41, 5.74) is 3.02. The Bertz CT molecular complexity index is 2070. The van der Waals surface area contributed by atoms with Gasteiger partial charge in [-0.3, -0.25) is 9.59 Å². The number of carbonyl (C=O) groups excluding carboxylic acids is 4. The number of amides is 5. The molecule has 326 valence electrons. The number of benzene rings is 3. The fourth-order valence-electron chi connectivity index (χ4n) is 7.78. The number of rotatable bonds is 17. The molecule has 3 aromatic carbocycles. The normalized spacial score (nSPS) is 15.6. The minimum atomic E-state index is -1.17. The van der Waals surface area contributed by atoms with Gasteiger partial charge in [-0.2, -0.15) is 0 Å². The third-order valence-electron chi connectivity index (χ3n) is 10.9. The molecule has 1 fully saturated rings. The fourth-order valence-corrected chi connectivity index (χ4v) is 7.78. The monoisotopic (exact) mass is 834 g/mol. The minimum absolute atomic E-state index is 0.0625. The number of carbonyl (C=O) groups is 4. The first-order valence-corrected chi connectivity index (χ1v) is 20.8. The van der Waals surface area contributed by atoms with Crippen molar-refractivity contribution in [3.8, 4) is 17.1 Å². The number of ether oxygens (including phenoxy) is 2. The number of nitrogens with one attached hydrogen (secondary N) is 3. The smallest absolute Gasteiger partial charge is 0.407 e. The Labute approximate surface area is 360 Å². The van der Waals surface area contributed by atoms with Crippen LogP contribution in [0, 0.1) is 10.8 Å². The molecule has 0 bridgehead atoms. The first-order valence-electron chi connectivity index (χ1n) is 20.8. The van der Waals surface area contributed by atoms with Crippen LogP contribution in [-0.2, 0) is 33.7 Å². The number of alkyl carbamates (subject to hydrolysis) is 1. The molecular weight excluding hydrogens is 773 g/mol. The van der Waals surface area contributed by atoms with Gasteiger partial charge in [-0.05, 0) is 52.8 Å². The highest BCUT2D eigenvalue weighted by atomic mass is 16.5. The van der Waals surface area contributed by atoms with Crippen LogP contribution in [0.4, 0.5) is 9.59 Å². The maximum Gasteiger partial charge on any atom is 0.407 e. The molecule has 5 amide bonds. The van der Waals surface area contributed by atoms with E-state index < -0.39 is 53.1 Å². The van der Waals surface area contributed by atoms with Crippen LogP contribution in [0.3, 0.4) is 0 Å². The van der Waals surface area contributed by atoms with Crippen LogP contribution in [0.15, 0.2) is 103 Å². The summed E-state index contributed by atoms with van der Waals surface area (Å²) in [6.07, 6.45) is -1.25. The molecule has 61 heavy (non-hydrogen) atoms. The van der Waals surface area contributed by atoms with Crippen LogP contribution in [0.25, 0.3) is 11.3 Å². The van der Waals surface area contributed by atoms with Crippen LogP contribution in [0.5, 0.6) is 5.88 Å². The van der Waals surface area contributed by atoms with Gasteiger partial charge in [0.05, 0.1) is 32.1 Å². The van der Waals surface area contributed by atoms with E-state index >= 15 is 0 Å². The van der Waals surface area contributed by atoms with Crippen molar-refractivity contribution in [3.63, 3.8) is 0 Å². The molecular formula is C48H62N6O7. The Hall–Kier alpha value is -5.95. The summed E-state index contributed by atoms with van der Waals surface area (Å²) in [4.78, 5) is 62.9. The highest BCUT2D eigenvalue weighted by Crippen LogP contribution is 2.30. The first-order chi connectivity index (χ1) is 29.0. The highest BCUT2D eigenvalue weighted by Gasteiger charge is 2.44. The van der Waals surface area contributed by atoms with E-state index in [4.69, 9.17) is 9.47 Å². The predicted octanol–water partition coefficient (Wildman–Crippen LogP) is 6.39. The van der Waals surface area contributed by atoms with Crippen LogP contribution < -0.4 is 20.7 Å². The van der Waals surface area contributed by atoms with Crippen molar-refractivity contribution in [3.05, 3.63) is 120 Å². The number of methoxy groups -OCH3 is 2. The molecule has 0 saturated carbocycles. The van der Waals surface area contributed by atoms with Crippen molar-refractivity contribution in [2.24, 2.45) is 10.8 Å². The van der Waals surface area contributed by atoms with Crippen molar-refractivity contribution >= 4 is 23.9 Å². The number of hydrogen-bond donors (Lipinski definition) is 4. The van der Waals surface area contributed by atoms with Crippen LogP contribution in [0.2, 0.25) is 0 Å². The molecule has 0 aliphatic carbocycles.